The smallest absolute Gasteiger partial charge is 0.180 e. The summed E-state index contributed by atoms with van der Waals surface area (Å²) in [6, 6.07) is 0. The van der Waals surface area contributed by atoms with Gasteiger partial charge in [-0.1, -0.05) is 19.3 Å². The van der Waals surface area contributed by atoms with Crippen molar-refractivity contribution in [3.8, 4) is 0 Å². The minimum Gasteiger partial charge on any atom is -0.375 e. The van der Waals surface area contributed by atoms with E-state index < -0.39 is 0 Å². The summed E-state index contributed by atoms with van der Waals surface area (Å²) >= 11 is 1.65. The zero-order valence-corrected chi connectivity index (χ0v) is 11.0. The van der Waals surface area contributed by atoms with Crippen molar-refractivity contribution in [1.82, 2.24) is 4.98 Å². The van der Waals surface area contributed by atoms with Gasteiger partial charge in [0.2, 0.25) is 0 Å². The summed E-state index contributed by atoms with van der Waals surface area (Å²) in [5.74, 6) is 0.622. The molecule has 1 atom stereocenters. The average molecular weight is 252 g/mol. The molecule has 0 radical (unpaired) electrons. The zero-order valence-electron chi connectivity index (χ0n) is 10.2. The highest BCUT2D eigenvalue weighted by atomic mass is 32.1. The number of nitrogens with zero attached hydrogens (tertiary/aromatic N) is 1. The molecule has 2 fully saturated rings. The van der Waals surface area contributed by atoms with E-state index in [4.69, 9.17) is 10.5 Å². The lowest BCUT2D eigenvalue weighted by atomic mass is 9.76. The fourth-order valence-corrected chi connectivity index (χ4v) is 4.12. The molecule has 94 valence electrons. The highest BCUT2D eigenvalue weighted by Gasteiger charge is 2.39. The molecule has 2 N–H and O–H groups in total. The zero-order chi connectivity index (χ0) is 11.7. The molecule has 17 heavy (non-hydrogen) atoms. The monoisotopic (exact) mass is 252 g/mol. The summed E-state index contributed by atoms with van der Waals surface area (Å²) in [6.45, 7) is 0.905. The van der Waals surface area contributed by atoms with E-state index in [0.29, 0.717) is 11.0 Å². The molecule has 3 nitrogen and oxygen atoms in total. The quantitative estimate of drug-likeness (QED) is 0.834. The fraction of sp³-hybridized carbons (Fsp3) is 0.769. The van der Waals surface area contributed by atoms with Crippen molar-refractivity contribution in [1.29, 1.82) is 0 Å². The number of thiazole rings is 1. The van der Waals surface area contributed by atoms with Gasteiger partial charge in [-0.3, -0.25) is 0 Å². The van der Waals surface area contributed by atoms with Crippen molar-refractivity contribution in [3.63, 3.8) is 0 Å². The van der Waals surface area contributed by atoms with Crippen molar-refractivity contribution in [2.24, 2.45) is 0 Å². The van der Waals surface area contributed by atoms with Crippen LogP contribution in [0.15, 0.2) is 6.20 Å². The lowest BCUT2D eigenvalue weighted by Gasteiger charge is -2.43. The average Bonchev–Trinajstić information content (AvgIpc) is 2.77. The minimum atomic E-state index is 0.180. The number of ether oxygens (including phenoxy) is 1. The van der Waals surface area contributed by atoms with Crippen LogP contribution >= 0.6 is 11.3 Å². The number of anilines is 1. The Morgan fingerprint density at radius 3 is 2.88 bits per heavy atom. The van der Waals surface area contributed by atoms with Gasteiger partial charge in [0.25, 0.3) is 0 Å². The van der Waals surface area contributed by atoms with Gasteiger partial charge in [-0.05, 0) is 31.6 Å². The van der Waals surface area contributed by atoms with Crippen molar-refractivity contribution in [2.75, 3.05) is 12.3 Å². The maximum atomic E-state index is 6.12. The third-order valence-corrected chi connectivity index (χ3v) is 5.19. The molecular formula is C13H20N2OS. The van der Waals surface area contributed by atoms with E-state index in [0.717, 1.165) is 13.0 Å². The molecule has 1 aliphatic heterocycles. The topological polar surface area (TPSA) is 48.1 Å². The van der Waals surface area contributed by atoms with Crippen LogP contribution in [0.2, 0.25) is 0 Å². The van der Waals surface area contributed by atoms with E-state index in [2.05, 4.69) is 4.98 Å². The third-order valence-electron chi connectivity index (χ3n) is 4.20. The van der Waals surface area contributed by atoms with Crippen LogP contribution in [0.5, 0.6) is 0 Å². The second-order valence-corrected chi connectivity index (χ2v) is 6.48. The first kappa shape index (κ1) is 11.5. The molecule has 2 heterocycles. The molecule has 1 aliphatic carbocycles. The fourth-order valence-electron chi connectivity index (χ4n) is 3.30. The van der Waals surface area contributed by atoms with E-state index >= 15 is 0 Å². The van der Waals surface area contributed by atoms with Crippen LogP contribution in [0.4, 0.5) is 5.13 Å². The molecule has 1 saturated heterocycles. The number of rotatable bonds is 1. The van der Waals surface area contributed by atoms with Gasteiger partial charge in [-0.25, -0.2) is 4.98 Å². The van der Waals surface area contributed by atoms with Gasteiger partial charge < -0.3 is 10.5 Å². The Hall–Kier alpha value is -0.610. The van der Waals surface area contributed by atoms with Crippen LogP contribution in [-0.2, 0) is 4.74 Å². The van der Waals surface area contributed by atoms with Gasteiger partial charge in [0, 0.05) is 17.7 Å². The van der Waals surface area contributed by atoms with Crippen LogP contribution in [0.3, 0.4) is 0 Å². The van der Waals surface area contributed by atoms with E-state index in [1.54, 1.807) is 11.3 Å². The summed E-state index contributed by atoms with van der Waals surface area (Å²) in [6.07, 6.45) is 10.8. The lowest BCUT2D eigenvalue weighted by molar-refractivity contribution is -0.106. The minimum absolute atomic E-state index is 0.180. The predicted octanol–water partition coefficient (Wildman–Crippen LogP) is 3.32. The predicted molar refractivity (Wildman–Crippen MR) is 70.3 cm³/mol. The van der Waals surface area contributed by atoms with E-state index in [-0.39, 0.29) is 5.60 Å². The summed E-state index contributed by atoms with van der Waals surface area (Å²) in [5, 5.41) is 0.698. The highest BCUT2D eigenvalue weighted by Crippen LogP contribution is 2.45. The molecule has 0 aromatic carbocycles. The second-order valence-electron chi connectivity index (χ2n) is 5.38. The molecule has 0 bridgehead atoms. The highest BCUT2D eigenvalue weighted by molar-refractivity contribution is 7.15. The van der Waals surface area contributed by atoms with Crippen LogP contribution in [0, 0.1) is 0 Å². The third kappa shape index (κ3) is 2.33. The van der Waals surface area contributed by atoms with Crippen LogP contribution in [-0.4, -0.2) is 17.2 Å². The van der Waals surface area contributed by atoms with Crippen molar-refractivity contribution >= 4 is 16.5 Å². The molecule has 1 spiro atoms. The normalized spacial score (nSPS) is 28.4. The van der Waals surface area contributed by atoms with Gasteiger partial charge in [0.05, 0.1) is 5.60 Å². The lowest BCUT2D eigenvalue weighted by Crippen LogP contribution is -2.40. The molecule has 3 rings (SSSR count). The molecule has 1 aromatic rings. The molecule has 1 aromatic heterocycles. The molecule has 2 aliphatic rings. The summed E-state index contributed by atoms with van der Waals surface area (Å²) in [4.78, 5) is 5.54. The van der Waals surface area contributed by atoms with Gasteiger partial charge in [0.1, 0.15) is 0 Å². The Labute approximate surface area is 106 Å². The molecule has 1 saturated carbocycles. The van der Waals surface area contributed by atoms with Gasteiger partial charge >= 0.3 is 0 Å². The number of nitrogens with two attached hydrogens (primary N) is 1. The Kier molecular flexibility index (Phi) is 3.09. The molecule has 0 amide bonds. The first-order valence-electron chi connectivity index (χ1n) is 6.63. The SMILES string of the molecule is Nc1ncc(C2CCOC3(CCCCC3)C2)s1. The Morgan fingerprint density at radius 2 is 2.18 bits per heavy atom. The maximum absolute atomic E-state index is 6.12. The first-order chi connectivity index (χ1) is 8.27. The first-order valence-corrected chi connectivity index (χ1v) is 7.44. The summed E-state index contributed by atoms with van der Waals surface area (Å²) < 4.78 is 6.12. The van der Waals surface area contributed by atoms with Crippen molar-refractivity contribution < 1.29 is 4.74 Å². The van der Waals surface area contributed by atoms with Crippen LogP contribution in [0.25, 0.3) is 0 Å². The van der Waals surface area contributed by atoms with Gasteiger partial charge in [-0.2, -0.15) is 0 Å². The summed E-state index contributed by atoms with van der Waals surface area (Å²) in [5.41, 5.74) is 5.91. The van der Waals surface area contributed by atoms with Crippen molar-refractivity contribution in [3.05, 3.63) is 11.1 Å². The number of nitrogen functional groups attached to an aromatic ring is 1. The number of hydrogen-bond acceptors (Lipinski definition) is 4. The Balaban J connectivity index is 1.74. The van der Waals surface area contributed by atoms with Gasteiger partial charge in [-0.15, -0.1) is 11.3 Å². The van der Waals surface area contributed by atoms with Gasteiger partial charge in [0.15, 0.2) is 5.13 Å². The maximum Gasteiger partial charge on any atom is 0.180 e. The number of aromatic nitrogens is 1. The molecule has 4 heteroatoms. The van der Waals surface area contributed by atoms with E-state index in [1.165, 1.54) is 43.4 Å². The Bertz CT molecular complexity index is 379. The van der Waals surface area contributed by atoms with E-state index in [9.17, 15) is 0 Å². The van der Waals surface area contributed by atoms with E-state index in [1.807, 2.05) is 6.20 Å². The Morgan fingerprint density at radius 1 is 1.35 bits per heavy atom. The largest absolute Gasteiger partial charge is 0.375 e. The number of hydrogen-bond donors (Lipinski definition) is 1. The molecular weight excluding hydrogens is 232 g/mol. The van der Waals surface area contributed by atoms with Crippen LogP contribution < -0.4 is 5.73 Å². The van der Waals surface area contributed by atoms with Crippen LogP contribution in [0.1, 0.15) is 55.7 Å². The molecule has 1 unspecified atom stereocenters. The van der Waals surface area contributed by atoms with Crippen molar-refractivity contribution in [2.45, 2.75) is 56.5 Å². The second kappa shape index (κ2) is 4.58. The summed E-state index contributed by atoms with van der Waals surface area (Å²) in [7, 11) is 0. The standard InChI is InChI=1S/C13H20N2OS/c14-12-15-9-11(17-12)10-4-7-16-13(8-10)5-2-1-3-6-13/h9-10H,1-8H2,(H2,14,15).